The first-order valence-electron chi connectivity index (χ1n) is 6.85. The van der Waals surface area contributed by atoms with Crippen molar-refractivity contribution in [1.29, 1.82) is 0 Å². The third-order valence-electron chi connectivity index (χ3n) is 2.35. The van der Waals surface area contributed by atoms with E-state index in [1.807, 2.05) is 27.7 Å². The zero-order chi connectivity index (χ0) is 12.7. The first-order valence-corrected chi connectivity index (χ1v) is 6.85. The van der Waals surface area contributed by atoms with Crippen molar-refractivity contribution in [3.63, 3.8) is 0 Å². The molecule has 0 spiro atoms. The summed E-state index contributed by atoms with van der Waals surface area (Å²) in [6.07, 6.45) is 2.58. The number of hydrogen-bond donors (Lipinski definition) is 0. The van der Waals surface area contributed by atoms with E-state index in [9.17, 15) is 0 Å². The van der Waals surface area contributed by atoms with Gasteiger partial charge < -0.3 is 5.32 Å². The van der Waals surface area contributed by atoms with Crippen molar-refractivity contribution in [2.75, 3.05) is 13.1 Å². The van der Waals surface area contributed by atoms with Gasteiger partial charge in [-0.15, -0.1) is 6.54 Å². The van der Waals surface area contributed by atoms with Crippen LogP contribution in [0.4, 0.5) is 0 Å². The Balaban J connectivity index is -0.000000129. The van der Waals surface area contributed by atoms with E-state index >= 15 is 0 Å². The van der Waals surface area contributed by atoms with Gasteiger partial charge in [0.15, 0.2) is 0 Å². The van der Waals surface area contributed by atoms with Crippen LogP contribution in [0.15, 0.2) is 0 Å². The molecule has 0 aliphatic rings. The monoisotopic (exact) mass is 305 g/mol. The van der Waals surface area contributed by atoms with Crippen LogP contribution < -0.4 is 0 Å². The van der Waals surface area contributed by atoms with E-state index in [4.69, 9.17) is 0 Å². The second-order valence-electron chi connectivity index (χ2n) is 3.46. The molecular weight excluding hydrogens is 271 g/mol. The fourth-order valence-corrected chi connectivity index (χ4v) is 1.42. The van der Waals surface area contributed by atoms with Gasteiger partial charge in [-0.3, -0.25) is 0 Å². The van der Waals surface area contributed by atoms with E-state index in [1.165, 1.54) is 12.8 Å². The van der Waals surface area contributed by atoms with Crippen LogP contribution in [-0.2, 0) is 32.7 Å². The molecule has 2 heteroatoms. The molecular formula is C14H34NY-. The SMILES string of the molecule is CC.CC.CC[N-]CCC(CC)C(C)C.[Y]. The van der Waals surface area contributed by atoms with E-state index < -0.39 is 0 Å². The van der Waals surface area contributed by atoms with E-state index in [-0.39, 0.29) is 32.7 Å². The van der Waals surface area contributed by atoms with Crippen LogP contribution in [0.25, 0.3) is 5.32 Å². The Morgan fingerprint density at radius 3 is 1.62 bits per heavy atom. The molecule has 1 unspecified atom stereocenters. The summed E-state index contributed by atoms with van der Waals surface area (Å²) in [6, 6.07) is 0. The minimum Gasteiger partial charge on any atom is -0.662 e. The van der Waals surface area contributed by atoms with Gasteiger partial charge in [-0.05, 0) is 11.8 Å². The van der Waals surface area contributed by atoms with Crippen molar-refractivity contribution in [3.8, 4) is 0 Å². The smallest absolute Gasteiger partial charge is 0 e. The summed E-state index contributed by atoms with van der Waals surface area (Å²) < 4.78 is 0. The minimum absolute atomic E-state index is 0. The molecule has 0 aromatic carbocycles. The molecule has 16 heavy (non-hydrogen) atoms. The van der Waals surface area contributed by atoms with Gasteiger partial charge in [0.2, 0.25) is 0 Å². The maximum absolute atomic E-state index is 4.34. The van der Waals surface area contributed by atoms with Crippen LogP contribution in [-0.4, -0.2) is 13.1 Å². The summed E-state index contributed by atoms with van der Waals surface area (Å²) in [7, 11) is 0. The summed E-state index contributed by atoms with van der Waals surface area (Å²) in [5.74, 6) is 1.71. The molecule has 0 N–H and O–H groups in total. The Bertz CT molecular complexity index is 84.8. The van der Waals surface area contributed by atoms with Crippen molar-refractivity contribution in [2.45, 2.75) is 68.2 Å². The first-order chi connectivity index (χ1) is 7.22. The largest absolute Gasteiger partial charge is 0.662 e. The van der Waals surface area contributed by atoms with Crippen molar-refractivity contribution in [2.24, 2.45) is 11.8 Å². The maximum atomic E-state index is 4.34. The van der Waals surface area contributed by atoms with Crippen molar-refractivity contribution >= 4 is 0 Å². The topological polar surface area (TPSA) is 14.1 Å². The average Bonchev–Trinajstić information content (AvgIpc) is 2.29. The summed E-state index contributed by atoms with van der Waals surface area (Å²) in [6.45, 7) is 19.0. The Labute approximate surface area is 130 Å². The van der Waals surface area contributed by atoms with E-state index in [0.29, 0.717) is 0 Å². The van der Waals surface area contributed by atoms with Crippen LogP contribution in [0.3, 0.4) is 0 Å². The van der Waals surface area contributed by atoms with Gasteiger partial charge in [0.05, 0.1) is 0 Å². The second kappa shape index (κ2) is 25.0. The quantitative estimate of drug-likeness (QED) is 0.575. The van der Waals surface area contributed by atoms with Crippen molar-refractivity contribution < 1.29 is 32.7 Å². The normalized spacial score (nSPS) is 10.3. The van der Waals surface area contributed by atoms with Crippen molar-refractivity contribution in [3.05, 3.63) is 5.32 Å². The molecule has 1 atom stereocenters. The fourth-order valence-electron chi connectivity index (χ4n) is 1.42. The molecule has 1 nitrogen and oxygen atoms in total. The predicted octanol–water partition coefficient (Wildman–Crippen LogP) is 5.50. The van der Waals surface area contributed by atoms with Crippen LogP contribution in [0.2, 0.25) is 0 Å². The third-order valence-corrected chi connectivity index (χ3v) is 2.35. The molecule has 0 amide bonds. The van der Waals surface area contributed by atoms with Gasteiger partial charge in [-0.25, -0.2) is 0 Å². The first kappa shape index (κ1) is 25.8. The Kier molecular flexibility index (Phi) is 40.4. The van der Waals surface area contributed by atoms with Crippen LogP contribution in [0.1, 0.15) is 68.2 Å². The fraction of sp³-hybridized carbons (Fsp3) is 1.00. The summed E-state index contributed by atoms with van der Waals surface area (Å²) in [5.41, 5.74) is 0. The molecule has 0 bridgehead atoms. The van der Waals surface area contributed by atoms with Gasteiger partial charge in [0.1, 0.15) is 0 Å². The molecule has 0 aromatic heterocycles. The third kappa shape index (κ3) is 20.5. The zero-order valence-corrected chi connectivity index (χ0v) is 15.8. The predicted molar refractivity (Wildman–Crippen MR) is 74.7 cm³/mol. The molecule has 0 rings (SSSR count). The van der Waals surface area contributed by atoms with Gasteiger partial charge in [0.25, 0.3) is 0 Å². The standard InChI is InChI=1S/C10H22N.2C2H6.Y/c1-5-10(9(3)4)7-8-11-6-2;2*1-2;/h9-10H,5-8H2,1-4H3;2*1-2H3;/q-1;;;. The average molecular weight is 305 g/mol. The molecule has 0 aromatic rings. The molecule has 0 aliphatic heterocycles. The molecule has 0 aliphatic carbocycles. The van der Waals surface area contributed by atoms with Gasteiger partial charge in [-0.2, -0.15) is 6.54 Å². The molecule has 0 heterocycles. The summed E-state index contributed by atoms with van der Waals surface area (Å²) in [5, 5.41) is 4.34. The van der Waals surface area contributed by atoms with Crippen LogP contribution >= 0.6 is 0 Å². The summed E-state index contributed by atoms with van der Waals surface area (Å²) >= 11 is 0. The number of hydrogen-bond acceptors (Lipinski definition) is 0. The maximum Gasteiger partial charge on any atom is 0 e. The van der Waals surface area contributed by atoms with E-state index in [0.717, 1.165) is 24.9 Å². The number of nitrogens with zero attached hydrogens (tertiary/aromatic N) is 1. The molecule has 1 radical (unpaired) electrons. The zero-order valence-electron chi connectivity index (χ0n) is 13.0. The van der Waals surface area contributed by atoms with E-state index in [2.05, 4.69) is 33.0 Å². The molecule has 0 fully saturated rings. The minimum atomic E-state index is 0. The molecule has 99 valence electrons. The Morgan fingerprint density at radius 1 is 0.938 bits per heavy atom. The Hall–Kier alpha value is 1.06. The molecule has 0 saturated heterocycles. The summed E-state index contributed by atoms with van der Waals surface area (Å²) in [4.78, 5) is 0. The van der Waals surface area contributed by atoms with Crippen molar-refractivity contribution in [1.82, 2.24) is 0 Å². The van der Waals surface area contributed by atoms with Crippen LogP contribution in [0.5, 0.6) is 0 Å². The second-order valence-corrected chi connectivity index (χ2v) is 3.46. The van der Waals surface area contributed by atoms with Crippen LogP contribution in [0, 0.1) is 11.8 Å². The van der Waals surface area contributed by atoms with Gasteiger partial charge in [-0.1, -0.05) is 68.2 Å². The van der Waals surface area contributed by atoms with Gasteiger partial charge >= 0.3 is 0 Å². The number of rotatable bonds is 6. The molecule has 0 saturated carbocycles. The Morgan fingerprint density at radius 2 is 1.38 bits per heavy atom. The van der Waals surface area contributed by atoms with Gasteiger partial charge in [0, 0.05) is 32.7 Å². The van der Waals surface area contributed by atoms with E-state index in [1.54, 1.807) is 0 Å².